The number of unbranched alkanes of at least 4 members (excludes halogenated alkanes) is 12. The van der Waals surface area contributed by atoms with Gasteiger partial charge < -0.3 is 14.5 Å². The van der Waals surface area contributed by atoms with E-state index in [1.165, 1.54) is 116 Å². The second kappa shape index (κ2) is 18.5. The molecule has 1 unspecified atom stereocenters. The number of ether oxygens (including phenoxy) is 1. The molecule has 0 aliphatic carbocycles. The maximum atomic E-state index is 12.4. The van der Waals surface area contributed by atoms with Gasteiger partial charge in [0.05, 0.1) is 0 Å². The second-order valence-electron chi connectivity index (χ2n) is 11.5. The fraction of sp³-hybridized carbons (Fsp3) is 0.966. The Labute approximate surface area is 207 Å². The third-order valence-electron chi connectivity index (χ3n) is 6.95. The Bertz CT molecular complexity index is 457. The molecular weight excluding hydrogens is 408 g/mol. The number of likely N-dealkylation sites (tertiary alicyclic amines) is 1. The van der Waals surface area contributed by atoms with Gasteiger partial charge in [0.2, 0.25) is 0 Å². The van der Waals surface area contributed by atoms with Gasteiger partial charge in [0.1, 0.15) is 5.60 Å². The molecule has 0 radical (unpaired) electrons. The Morgan fingerprint density at radius 2 is 1.27 bits per heavy atom. The van der Waals surface area contributed by atoms with Crippen molar-refractivity contribution in [2.24, 2.45) is 5.92 Å². The average Bonchev–Trinajstić information content (AvgIpc) is 3.24. The quantitative estimate of drug-likeness (QED) is 0.179. The summed E-state index contributed by atoms with van der Waals surface area (Å²) in [4.78, 5) is 17.0. The molecule has 1 rings (SSSR count). The molecule has 4 heteroatoms. The van der Waals surface area contributed by atoms with Crippen LogP contribution in [-0.2, 0) is 4.74 Å². The highest BCUT2D eigenvalue weighted by atomic mass is 16.6. The van der Waals surface area contributed by atoms with Gasteiger partial charge in [-0.3, -0.25) is 0 Å². The van der Waals surface area contributed by atoms with Gasteiger partial charge >= 0.3 is 6.09 Å². The Balaban J connectivity index is 2.32. The van der Waals surface area contributed by atoms with Crippen LogP contribution >= 0.6 is 0 Å². The Morgan fingerprint density at radius 1 is 0.788 bits per heavy atom. The van der Waals surface area contributed by atoms with Crippen molar-refractivity contribution in [3.05, 3.63) is 0 Å². The smallest absolute Gasteiger partial charge is 0.410 e. The molecule has 0 spiro atoms. The van der Waals surface area contributed by atoms with Gasteiger partial charge in [-0.2, -0.15) is 0 Å². The highest BCUT2D eigenvalue weighted by Crippen LogP contribution is 2.22. The van der Waals surface area contributed by atoms with E-state index in [1.54, 1.807) is 0 Å². The molecule has 0 aromatic heterocycles. The zero-order chi connectivity index (χ0) is 24.4. The monoisotopic (exact) mass is 466 g/mol. The summed E-state index contributed by atoms with van der Waals surface area (Å²) in [6.45, 7) is 15.9. The zero-order valence-electron chi connectivity index (χ0n) is 23.1. The van der Waals surface area contributed by atoms with E-state index in [2.05, 4.69) is 18.7 Å². The molecule has 1 saturated heterocycles. The summed E-state index contributed by atoms with van der Waals surface area (Å²) in [7, 11) is 0. The molecule has 4 nitrogen and oxygen atoms in total. The van der Waals surface area contributed by atoms with Gasteiger partial charge in [0, 0.05) is 13.1 Å². The molecule has 0 aromatic rings. The molecule has 0 bridgehead atoms. The van der Waals surface area contributed by atoms with Crippen LogP contribution < -0.4 is 0 Å². The van der Waals surface area contributed by atoms with Gasteiger partial charge in [0.25, 0.3) is 0 Å². The van der Waals surface area contributed by atoms with Crippen molar-refractivity contribution in [1.82, 2.24) is 9.80 Å². The molecular formula is C29H58N2O2. The number of carbonyl (C=O) groups excluding carboxylic acids is 1. The van der Waals surface area contributed by atoms with Crippen LogP contribution in [0.1, 0.15) is 137 Å². The van der Waals surface area contributed by atoms with Gasteiger partial charge in [0.15, 0.2) is 0 Å². The third-order valence-corrected chi connectivity index (χ3v) is 6.95. The van der Waals surface area contributed by atoms with Crippen LogP contribution in [0.15, 0.2) is 0 Å². The molecule has 0 saturated carbocycles. The van der Waals surface area contributed by atoms with Crippen LogP contribution in [-0.4, -0.2) is 54.2 Å². The van der Waals surface area contributed by atoms with E-state index in [9.17, 15) is 4.79 Å². The predicted molar refractivity (Wildman–Crippen MR) is 143 cm³/mol. The third kappa shape index (κ3) is 16.5. The van der Waals surface area contributed by atoms with Gasteiger partial charge in [-0.1, -0.05) is 90.9 Å². The first-order valence-corrected chi connectivity index (χ1v) is 14.6. The topological polar surface area (TPSA) is 32.8 Å². The highest BCUT2D eigenvalue weighted by Gasteiger charge is 2.29. The average molecular weight is 467 g/mol. The van der Waals surface area contributed by atoms with Crippen molar-refractivity contribution in [2.75, 3.05) is 32.7 Å². The first kappa shape index (κ1) is 30.3. The lowest BCUT2D eigenvalue weighted by molar-refractivity contribution is 0.0287. The van der Waals surface area contributed by atoms with Crippen LogP contribution in [0.4, 0.5) is 4.79 Å². The number of carbonyl (C=O) groups is 1. The van der Waals surface area contributed by atoms with Gasteiger partial charge in [-0.05, 0) is 72.0 Å². The summed E-state index contributed by atoms with van der Waals surface area (Å²) in [5.74, 6) is 0.628. The van der Waals surface area contributed by atoms with Crippen molar-refractivity contribution in [1.29, 1.82) is 0 Å². The number of rotatable bonds is 19. The summed E-state index contributed by atoms with van der Waals surface area (Å²) < 4.78 is 5.57. The van der Waals surface area contributed by atoms with Crippen molar-refractivity contribution < 1.29 is 9.53 Å². The van der Waals surface area contributed by atoms with Crippen molar-refractivity contribution >= 4 is 6.09 Å². The summed E-state index contributed by atoms with van der Waals surface area (Å²) in [6.07, 6.45) is 21.6. The van der Waals surface area contributed by atoms with Crippen LogP contribution in [0.25, 0.3) is 0 Å². The van der Waals surface area contributed by atoms with Gasteiger partial charge in [-0.25, -0.2) is 4.79 Å². The molecule has 1 amide bonds. The standard InChI is InChI=1S/C29H58N2O2/c1-6-8-10-12-14-16-18-22-30(23-19-17-15-13-11-9-7-2)24-20-27-21-25-31(26-27)28(32)33-29(3,4)5/h27H,6-26H2,1-5H3. The fourth-order valence-electron chi connectivity index (χ4n) is 4.85. The lowest BCUT2D eigenvalue weighted by atomic mass is 10.0. The highest BCUT2D eigenvalue weighted by molar-refractivity contribution is 5.68. The normalized spacial score (nSPS) is 16.7. The number of amides is 1. The number of nitrogens with zero attached hydrogens (tertiary/aromatic N) is 2. The molecule has 0 aromatic carbocycles. The van der Waals surface area contributed by atoms with Crippen molar-refractivity contribution in [3.63, 3.8) is 0 Å². The molecule has 0 N–H and O–H groups in total. The SMILES string of the molecule is CCCCCCCCCN(CCCCCCCCC)CCC1CCN(C(=O)OC(C)(C)C)C1. The fourth-order valence-corrected chi connectivity index (χ4v) is 4.85. The van der Waals surface area contributed by atoms with Crippen LogP contribution in [0.2, 0.25) is 0 Å². The maximum absolute atomic E-state index is 12.4. The van der Waals surface area contributed by atoms with Crippen LogP contribution in [0.5, 0.6) is 0 Å². The Hall–Kier alpha value is -0.770. The Morgan fingerprint density at radius 3 is 1.76 bits per heavy atom. The minimum atomic E-state index is -0.404. The van der Waals surface area contributed by atoms with E-state index in [0.29, 0.717) is 5.92 Å². The largest absolute Gasteiger partial charge is 0.444 e. The van der Waals surface area contributed by atoms with Crippen molar-refractivity contribution in [2.45, 2.75) is 143 Å². The van der Waals surface area contributed by atoms with E-state index in [0.717, 1.165) is 19.5 Å². The van der Waals surface area contributed by atoms with Gasteiger partial charge in [-0.15, -0.1) is 0 Å². The lowest BCUT2D eigenvalue weighted by Gasteiger charge is -2.25. The summed E-state index contributed by atoms with van der Waals surface area (Å²) >= 11 is 0. The van der Waals surface area contributed by atoms with E-state index in [-0.39, 0.29) is 6.09 Å². The minimum Gasteiger partial charge on any atom is -0.444 e. The van der Waals surface area contributed by atoms with Crippen LogP contribution in [0.3, 0.4) is 0 Å². The van der Waals surface area contributed by atoms with E-state index >= 15 is 0 Å². The van der Waals surface area contributed by atoms with E-state index in [4.69, 9.17) is 4.74 Å². The second-order valence-corrected chi connectivity index (χ2v) is 11.5. The first-order chi connectivity index (χ1) is 15.9. The molecule has 196 valence electrons. The number of hydrogen-bond acceptors (Lipinski definition) is 3. The Kier molecular flexibility index (Phi) is 17.0. The zero-order valence-corrected chi connectivity index (χ0v) is 23.1. The molecule has 33 heavy (non-hydrogen) atoms. The summed E-state index contributed by atoms with van der Waals surface area (Å²) in [5, 5.41) is 0. The minimum absolute atomic E-state index is 0.131. The molecule has 1 fully saturated rings. The van der Waals surface area contributed by atoms with Crippen LogP contribution in [0, 0.1) is 5.92 Å². The molecule has 1 aliphatic heterocycles. The first-order valence-electron chi connectivity index (χ1n) is 14.6. The van der Waals surface area contributed by atoms with E-state index < -0.39 is 5.60 Å². The molecule has 1 aliphatic rings. The lowest BCUT2D eigenvalue weighted by Crippen LogP contribution is -2.35. The van der Waals surface area contributed by atoms with Crippen molar-refractivity contribution in [3.8, 4) is 0 Å². The van der Waals surface area contributed by atoms with E-state index in [1.807, 2.05) is 25.7 Å². The maximum Gasteiger partial charge on any atom is 0.410 e. The predicted octanol–water partition coefficient (Wildman–Crippen LogP) is 8.44. The number of hydrogen-bond donors (Lipinski definition) is 0. The molecule has 1 heterocycles. The summed E-state index contributed by atoms with van der Waals surface area (Å²) in [6, 6.07) is 0. The summed E-state index contributed by atoms with van der Waals surface area (Å²) in [5.41, 5.74) is -0.404. The molecule has 1 atom stereocenters.